The molecule has 0 spiro atoms. The Kier molecular flexibility index (Phi) is 4.70. The Hall–Kier alpha value is -3.03. The first-order chi connectivity index (χ1) is 13.5. The largest absolute Gasteiger partial charge is 0.476 e. The van der Waals surface area contributed by atoms with Crippen molar-refractivity contribution in [1.82, 2.24) is 20.0 Å². The van der Waals surface area contributed by atoms with Gasteiger partial charge >= 0.3 is 5.97 Å². The molecule has 28 heavy (non-hydrogen) atoms. The summed E-state index contributed by atoms with van der Waals surface area (Å²) in [4.78, 5) is 11.6. The van der Waals surface area contributed by atoms with Crippen LogP contribution in [0, 0.1) is 13.8 Å². The molecule has 0 fully saturated rings. The quantitative estimate of drug-likeness (QED) is 0.510. The van der Waals surface area contributed by atoms with Gasteiger partial charge in [-0.25, -0.2) is 9.48 Å². The maximum absolute atomic E-state index is 11.6. The SMILES string of the molecule is Cc1cccc(-c2nnc(-c3c(Cl)c(C(=O)O)nn3-c3ccccc3C)s2)c1. The highest BCUT2D eigenvalue weighted by molar-refractivity contribution is 7.18. The van der Waals surface area contributed by atoms with Crippen molar-refractivity contribution in [2.45, 2.75) is 13.8 Å². The number of para-hydroxylation sites is 1. The van der Waals surface area contributed by atoms with Crippen molar-refractivity contribution in [1.29, 1.82) is 0 Å². The fraction of sp³-hybridized carbons (Fsp3) is 0.100. The summed E-state index contributed by atoms with van der Waals surface area (Å²) in [7, 11) is 0. The smallest absolute Gasteiger partial charge is 0.358 e. The topological polar surface area (TPSA) is 80.9 Å². The number of aromatic nitrogens is 4. The number of benzene rings is 2. The lowest BCUT2D eigenvalue weighted by Crippen LogP contribution is -2.03. The van der Waals surface area contributed by atoms with E-state index in [2.05, 4.69) is 15.3 Å². The predicted octanol–water partition coefficient (Wildman–Crippen LogP) is 5.03. The molecular weight excluding hydrogens is 396 g/mol. The monoisotopic (exact) mass is 410 g/mol. The first kappa shape index (κ1) is 18.3. The summed E-state index contributed by atoms with van der Waals surface area (Å²) in [6.45, 7) is 3.93. The number of aryl methyl sites for hydroxylation is 2. The third-order valence-electron chi connectivity index (χ3n) is 4.27. The zero-order valence-corrected chi connectivity index (χ0v) is 16.6. The maximum Gasteiger partial charge on any atom is 0.358 e. The standard InChI is InChI=1S/C20H15ClN4O2S/c1-11-6-5-8-13(10-11)18-22-23-19(28-18)17-15(21)16(20(26)27)24-25(17)14-9-4-3-7-12(14)2/h3-10H,1-2H3,(H,26,27). The molecule has 2 aromatic carbocycles. The van der Waals surface area contributed by atoms with Crippen LogP contribution in [0.1, 0.15) is 21.6 Å². The molecular formula is C20H15ClN4O2S. The molecule has 8 heteroatoms. The number of hydrogen-bond acceptors (Lipinski definition) is 5. The fourth-order valence-electron chi connectivity index (χ4n) is 2.91. The molecule has 0 saturated carbocycles. The van der Waals surface area contributed by atoms with Gasteiger partial charge in [0.2, 0.25) is 0 Å². The molecule has 0 unspecified atom stereocenters. The van der Waals surface area contributed by atoms with Crippen molar-refractivity contribution >= 4 is 28.9 Å². The minimum absolute atomic E-state index is 0.0442. The Labute approximate surface area is 170 Å². The van der Waals surface area contributed by atoms with Gasteiger partial charge in [0, 0.05) is 5.56 Å². The molecule has 6 nitrogen and oxygen atoms in total. The van der Waals surface area contributed by atoms with Crippen LogP contribution in [0.5, 0.6) is 0 Å². The van der Waals surface area contributed by atoms with Crippen LogP contribution in [0.2, 0.25) is 5.02 Å². The highest BCUT2D eigenvalue weighted by Gasteiger charge is 2.26. The minimum atomic E-state index is -1.19. The molecule has 0 radical (unpaired) electrons. The Morgan fingerprint density at radius 3 is 2.54 bits per heavy atom. The van der Waals surface area contributed by atoms with Crippen molar-refractivity contribution in [3.8, 4) is 27.0 Å². The molecule has 0 aliphatic carbocycles. The van der Waals surface area contributed by atoms with E-state index in [-0.39, 0.29) is 10.7 Å². The molecule has 0 bridgehead atoms. The lowest BCUT2D eigenvalue weighted by molar-refractivity contribution is 0.0690. The van der Waals surface area contributed by atoms with E-state index in [0.29, 0.717) is 10.7 Å². The summed E-state index contributed by atoms with van der Waals surface area (Å²) in [5, 5.41) is 23.5. The summed E-state index contributed by atoms with van der Waals surface area (Å²) in [5.74, 6) is -1.19. The number of carboxylic acid groups (broad SMARTS) is 1. The van der Waals surface area contributed by atoms with E-state index in [1.165, 1.54) is 16.0 Å². The average Bonchev–Trinajstić information content (AvgIpc) is 3.27. The maximum atomic E-state index is 11.6. The van der Waals surface area contributed by atoms with E-state index in [4.69, 9.17) is 11.6 Å². The summed E-state index contributed by atoms with van der Waals surface area (Å²) < 4.78 is 1.53. The normalized spacial score (nSPS) is 11.0. The Morgan fingerprint density at radius 2 is 1.82 bits per heavy atom. The van der Waals surface area contributed by atoms with Crippen molar-refractivity contribution in [3.05, 3.63) is 70.4 Å². The second kappa shape index (κ2) is 7.18. The van der Waals surface area contributed by atoms with Gasteiger partial charge in [-0.1, -0.05) is 64.9 Å². The summed E-state index contributed by atoms with van der Waals surface area (Å²) in [6.07, 6.45) is 0. The van der Waals surface area contributed by atoms with Gasteiger partial charge < -0.3 is 5.11 Å². The number of rotatable bonds is 4. The summed E-state index contributed by atoms with van der Waals surface area (Å²) in [6, 6.07) is 15.5. The van der Waals surface area contributed by atoms with Crippen molar-refractivity contribution in [3.63, 3.8) is 0 Å². The van der Waals surface area contributed by atoms with Gasteiger partial charge in [0.05, 0.1) is 5.69 Å². The van der Waals surface area contributed by atoms with Crippen LogP contribution >= 0.6 is 22.9 Å². The minimum Gasteiger partial charge on any atom is -0.476 e. The highest BCUT2D eigenvalue weighted by Crippen LogP contribution is 2.37. The number of hydrogen-bond donors (Lipinski definition) is 1. The Bertz CT molecular complexity index is 1200. The second-order valence-electron chi connectivity index (χ2n) is 6.30. The molecule has 4 rings (SSSR count). The Morgan fingerprint density at radius 1 is 1.07 bits per heavy atom. The molecule has 1 N–H and O–H groups in total. The van der Waals surface area contributed by atoms with Gasteiger partial charge in [-0.05, 0) is 31.5 Å². The zero-order chi connectivity index (χ0) is 19.8. The number of carbonyl (C=O) groups is 1. The molecule has 0 amide bonds. The predicted molar refractivity (Wildman–Crippen MR) is 109 cm³/mol. The summed E-state index contributed by atoms with van der Waals surface area (Å²) in [5.41, 5.74) is 3.94. The van der Waals surface area contributed by atoms with Crippen LogP contribution in [0.3, 0.4) is 0 Å². The third-order valence-corrected chi connectivity index (χ3v) is 5.60. The van der Waals surface area contributed by atoms with Crippen molar-refractivity contribution in [2.24, 2.45) is 0 Å². The first-order valence-electron chi connectivity index (χ1n) is 8.44. The molecule has 2 heterocycles. The van der Waals surface area contributed by atoms with Crippen LogP contribution < -0.4 is 0 Å². The number of carboxylic acids is 1. The molecule has 2 aromatic heterocycles. The van der Waals surface area contributed by atoms with Gasteiger partial charge in [0.25, 0.3) is 0 Å². The molecule has 4 aromatic rings. The number of aromatic carboxylic acids is 1. The van der Waals surface area contributed by atoms with E-state index >= 15 is 0 Å². The average molecular weight is 411 g/mol. The van der Waals surface area contributed by atoms with Crippen LogP contribution in [0.15, 0.2) is 48.5 Å². The lowest BCUT2D eigenvalue weighted by Gasteiger charge is -2.08. The van der Waals surface area contributed by atoms with Crippen molar-refractivity contribution < 1.29 is 9.90 Å². The Balaban J connectivity index is 1.91. The van der Waals surface area contributed by atoms with Gasteiger partial charge in [-0.15, -0.1) is 10.2 Å². The van der Waals surface area contributed by atoms with Gasteiger partial charge in [0.15, 0.2) is 10.7 Å². The van der Waals surface area contributed by atoms with Crippen LogP contribution in [0.4, 0.5) is 0 Å². The number of halogens is 1. The van der Waals surface area contributed by atoms with Crippen LogP contribution in [-0.4, -0.2) is 31.1 Å². The first-order valence-corrected chi connectivity index (χ1v) is 9.64. The van der Waals surface area contributed by atoms with Crippen LogP contribution in [-0.2, 0) is 0 Å². The zero-order valence-electron chi connectivity index (χ0n) is 15.0. The molecule has 140 valence electrons. The lowest BCUT2D eigenvalue weighted by atomic mass is 10.1. The van der Waals surface area contributed by atoms with Gasteiger partial charge in [-0.3, -0.25) is 0 Å². The van der Waals surface area contributed by atoms with E-state index < -0.39 is 5.97 Å². The van der Waals surface area contributed by atoms with Crippen LogP contribution in [0.25, 0.3) is 27.0 Å². The van der Waals surface area contributed by atoms with E-state index in [0.717, 1.165) is 27.4 Å². The van der Waals surface area contributed by atoms with E-state index in [1.54, 1.807) is 0 Å². The van der Waals surface area contributed by atoms with E-state index in [9.17, 15) is 9.90 Å². The fourth-order valence-corrected chi connectivity index (χ4v) is 4.13. The third kappa shape index (κ3) is 3.19. The van der Waals surface area contributed by atoms with E-state index in [1.807, 2.05) is 62.4 Å². The highest BCUT2D eigenvalue weighted by atomic mass is 35.5. The number of nitrogens with zero attached hydrogens (tertiary/aromatic N) is 4. The van der Waals surface area contributed by atoms with Crippen molar-refractivity contribution in [2.75, 3.05) is 0 Å². The summed E-state index contributed by atoms with van der Waals surface area (Å²) >= 11 is 7.76. The second-order valence-corrected chi connectivity index (χ2v) is 7.65. The van der Waals surface area contributed by atoms with Gasteiger partial charge in [-0.2, -0.15) is 5.10 Å². The molecule has 0 atom stereocenters. The van der Waals surface area contributed by atoms with Gasteiger partial charge in [0.1, 0.15) is 15.7 Å². The molecule has 0 aliphatic rings. The molecule has 0 aliphatic heterocycles. The molecule has 0 saturated heterocycles.